The number of hydrogen-bond donors (Lipinski definition) is 0. The Bertz CT molecular complexity index is 644. The summed E-state index contributed by atoms with van der Waals surface area (Å²) >= 11 is 0. The number of fused-ring (bicyclic) bond motifs is 1. The van der Waals surface area contributed by atoms with Crippen molar-refractivity contribution in [3.63, 3.8) is 0 Å². The molecule has 0 spiro atoms. The third-order valence-corrected chi connectivity index (χ3v) is 2.45. The summed E-state index contributed by atoms with van der Waals surface area (Å²) in [6.45, 7) is 1.57. The van der Waals surface area contributed by atoms with Crippen molar-refractivity contribution in [2.75, 3.05) is 0 Å². The van der Waals surface area contributed by atoms with E-state index in [1.54, 1.807) is 13.0 Å². The van der Waals surface area contributed by atoms with Gasteiger partial charge in [0.2, 0.25) is 5.43 Å². The Morgan fingerprint density at radius 2 is 2.06 bits per heavy atom. The van der Waals surface area contributed by atoms with Crippen molar-refractivity contribution in [1.82, 2.24) is 0 Å². The van der Waals surface area contributed by atoms with E-state index in [1.807, 2.05) is 0 Å². The van der Waals surface area contributed by atoms with Crippen molar-refractivity contribution in [2.24, 2.45) is 0 Å². The molecule has 80 valence electrons. The molecule has 0 fully saturated rings. The Kier molecular flexibility index (Phi) is 2.16. The van der Waals surface area contributed by atoms with E-state index in [0.29, 0.717) is 22.8 Å². The molecule has 2 aromatic rings. The molecule has 2 rings (SSSR count). The van der Waals surface area contributed by atoms with E-state index in [9.17, 15) is 19.7 Å². The first-order valence-electron chi connectivity index (χ1n) is 4.56. The van der Waals surface area contributed by atoms with Crippen LogP contribution in [0.15, 0.2) is 16.9 Å². The number of carbonyl (C=O) groups is 1. The molecule has 5 nitrogen and oxygen atoms in total. The van der Waals surface area contributed by atoms with Crippen molar-refractivity contribution < 1.29 is 9.72 Å². The minimum absolute atomic E-state index is 0.122. The molecule has 0 radical (unpaired) electrons. The lowest BCUT2D eigenvalue weighted by molar-refractivity contribution is -0.383. The normalized spacial score (nSPS) is 11.6. The fourth-order valence-electron chi connectivity index (χ4n) is 1.75. The molecule has 0 saturated carbocycles. The van der Waals surface area contributed by atoms with E-state index >= 15 is 0 Å². The Hall–Kier alpha value is -2.30. The van der Waals surface area contributed by atoms with Gasteiger partial charge in [-0.25, -0.2) is 0 Å². The first-order valence-corrected chi connectivity index (χ1v) is 4.56. The summed E-state index contributed by atoms with van der Waals surface area (Å²) in [6.07, 6.45) is 3.33. The van der Waals surface area contributed by atoms with Gasteiger partial charge in [-0.3, -0.25) is 19.7 Å². The molecular weight excluding hydrogens is 210 g/mol. The van der Waals surface area contributed by atoms with Crippen molar-refractivity contribution in [2.45, 2.75) is 6.92 Å². The highest BCUT2D eigenvalue weighted by Crippen LogP contribution is 2.34. The number of rotatable bonds is 3. The van der Waals surface area contributed by atoms with Crippen LogP contribution >= 0.6 is 0 Å². The van der Waals surface area contributed by atoms with Crippen LogP contribution in [0.4, 0.5) is 5.69 Å². The van der Waals surface area contributed by atoms with Crippen LogP contribution in [0, 0.1) is 17.0 Å². The first-order chi connectivity index (χ1) is 7.57. The van der Waals surface area contributed by atoms with Crippen LogP contribution < -0.4 is 5.43 Å². The van der Waals surface area contributed by atoms with Gasteiger partial charge in [-0.2, -0.15) is 0 Å². The highest BCUT2D eigenvalue weighted by Gasteiger charge is 2.29. The molecule has 0 atom stereocenters. The number of benzene rings is 1. The molecule has 0 aromatic heterocycles. The highest BCUT2D eigenvalue weighted by molar-refractivity contribution is 6.10. The van der Waals surface area contributed by atoms with Gasteiger partial charge in [0.05, 0.1) is 4.92 Å². The minimum Gasteiger partial charge on any atom is -0.299 e. The van der Waals surface area contributed by atoms with Crippen molar-refractivity contribution in [1.29, 1.82) is 0 Å². The molecule has 0 aliphatic carbocycles. The Labute approximate surface area is 89.8 Å². The van der Waals surface area contributed by atoms with Gasteiger partial charge >= 0.3 is 0 Å². The van der Waals surface area contributed by atoms with Gasteiger partial charge in [0, 0.05) is 10.9 Å². The summed E-state index contributed by atoms with van der Waals surface area (Å²) in [5.74, 6) is 0. The van der Waals surface area contributed by atoms with Crippen molar-refractivity contribution >= 4 is 28.8 Å². The monoisotopic (exact) mass is 217 g/mol. The number of hydrogen-bond acceptors (Lipinski definition) is 4. The minimum atomic E-state index is -0.549. The third-order valence-electron chi connectivity index (χ3n) is 2.45. The first kappa shape index (κ1) is 10.2. The molecule has 0 aliphatic rings. The van der Waals surface area contributed by atoms with Crippen LogP contribution in [0.25, 0.3) is 16.8 Å². The number of nitro groups is 1. The number of aldehydes is 1. The Morgan fingerprint density at radius 3 is 2.62 bits per heavy atom. The van der Waals surface area contributed by atoms with E-state index in [2.05, 4.69) is 0 Å². The summed E-state index contributed by atoms with van der Waals surface area (Å²) in [5.41, 5.74) is 0.573. The summed E-state index contributed by atoms with van der Waals surface area (Å²) < 4.78 is 0. The number of nitrogens with zero attached hydrogens (tertiary/aromatic N) is 1. The second-order valence-corrected chi connectivity index (χ2v) is 3.46. The van der Waals surface area contributed by atoms with Gasteiger partial charge in [0.1, 0.15) is 11.7 Å². The lowest BCUT2D eigenvalue weighted by Gasteiger charge is -1.96. The summed E-state index contributed by atoms with van der Waals surface area (Å²) in [5, 5.41) is 11.3. The maximum atomic E-state index is 11.4. The van der Waals surface area contributed by atoms with E-state index in [1.165, 1.54) is 12.2 Å². The van der Waals surface area contributed by atoms with E-state index in [-0.39, 0.29) is 16.5 Å². The molecule has 0 N–H and O–H groups in total. The second kappa shape index (κ2) is 3.37. The van der Waals surface area contributed by atoms with E-state index < -0.39 is 4.92 Å². The second-order valence-electron chi connectivity index (χ2n) is 3.46. The van der Waals surface area contributed by atoms with Crippen LogP contribution in [0.3, 0.4) is 0 Å². The third kappa shape index (κ3) is 1.33. The average molecular weight is 217 g/mol. The van der Waals surface area contributed by atoms with Gasteiger partial charge in [0.25, 0.3) is 5.69 Å². The summed E-state index contributed by atoms with van der Waals surface area (Å²) in [6, 6.07) is 1.54. The van der Waals surface area contributed by atoms with Crippen molar-refractivity contribution in [3.05, 3.63) is 43.6 Å². The molecule has 0 amide bonds. The molecule has 0 heterocycles. The van der Waals surface area contributed by atoms with Crippen LogP contribution in [-0.4, -0.2) is 11.2 Å². The lowest BCUT2D eigenvalue weighted by Crippen LogP contribution is -1.90. The fourth-order valence-corrected chi connectivity index (χ4v) is 1.75. The van der Waals surface area contributed by atoms with E-state index in [0.717, 1.165) is 0 Å². The molecule has 2 aromatic carbocycles. The number of allylic oxidation sites excluding steroid dienone is 1. The van der Waals surface area contributed by atoms with Crippen LogP contribution in [0.2, 0.25) is 0 Å². The van der Waals surface area contributed by atoms with Gasteiger partial charge in [-0.15, -0.1) is 0 Å². The highest BCUT2D eigenvalue weighted by atomic mass is 16.6. The number of carbonyl (C=O) groups excluding carboxylic acids is 1. The lowest BCUT2D eigenvalue weighted by atomic mass is 10.1. The molecular formula is C11H7NO4. The van der Waals surface area contributed by atoms with Gasteiger partial charge in [0.15, 0.2) is 0 Å². The van der Waals surface area contributed by atoms with E-state index in [4.69, 9.17) is 0 Å². The molecule has 5 heteroatoms. The molecule has 0 aliphatic heterocycles. The largest absolute Gasteiger partial charge is 0.299 e. The van der Waals surface area contributed by atoms with Crippen LogP contribution in [-0.2, 0) is 4.79 Å². The standard InChI is InChI=1S/C11H7NO4/c1-6-5-7(3-2-4-13)8-9(11(8)14)10(6)12(15)16/h2-5H,1H3/b3-2+. The molecule has 0 saturated heterocycles. The molecule has 0 unspecified atom stereocenters. The van der Waals surface area contributed by atoms with Gasteiger partial charge in [-0.05, 0) is 24.6 Å². The summed E-state index contributed by atoms with van der Waals surface area (Å²) in [7, 11) is 0. The van der Waals surface area contributed by atoms with Crippen molar-refractivity contribution in [3.8, 4) is 0 Å². The Balaban J connectivity index is 2.70. The maximum Gasteiger partial charge on any atom is 0.284 e. The zero-order valence-corrected chi connectivity index (χ0v) is 8.39. The predicted octanol–water partition coefficient (Wildman–Crippen LogP) is 1.50. The van der Waals surface area contributed by atoms with Crippen LogP contribution in [0.1, 0.15) is 11.1 Å². The average Bonchev–Trinajstić information content (AvgIpc) is 2.86. The predicted molar refractivity (Wildman–Crippen MR) is 59.1 cm³/mol. The SMILES string of the molecule is Cc1cc(/C=C/C=O)c2c(=O)c2c1[N+](=O)[O-]. The zero-order valence-electron chi connectivity index (χ0n) is 8.39. The Morgan fingerprint density at radius 1 is 1.38 bits per heavy atom. The van der Waals surface area contributed by atoms with Gasteiger partial charge < -0.3 is 0 Å². The zero-order chi connectivity index (χ0) is 11.9. The topological polar surface area (TPSA) is 77.3 Å². The summed E-state index contributed by atoms with van der Waals surface area (Å²) in [4.78, 5) is 31.7. The molecule has 16 heavy (non-hydrogen) atoms. The quantitative estimate of drug-likeness (QED) is 0.338. The fraction of sp³-hybridized carbons (Fsp3) is 0.0909. The number of aryl methyl sites for hydroxylation is 1. The molecule has 0 bridgehead atoms. The van der Waals surface area contributed by atoms with Gasteiger partial charge in [-0.1, -0.05) is 6.08 Å². The van der Waals surface area contributed by atoms with Crippen LogP contribution in [0.5, 0.6) is 0 Å². The smallest absolute Gasteiger partial charge is 0.284 e. The number of nitro benzene ring substituents is 1. The maximum absolute atomic E-state index is 11.4.